The summed E-state index contributed by atoms with van der Waals surface area (Å²) < 4.78 is 5.35. The summed E-state index contributed by atoms with van der Waals surface area (Å²) in [6, 6.07) is 0. The van der Waals surface area contributed by atoms with E-state index in [9.17, 15) is 4.79 Å². The Balaban J connectivity index is 2.08. The normalized spacial score (nSPS) is 26.7. The van der Waals surface area contributed by atoms with Crippen molar-refractivity contribution in [1.29, 1.82) is 0 Å². The number of hydrogen-bond donors (Lipinski definition) is 1. The molecular formula is C11H19NO3. The van der Waals surface area contributed by atoms with E-state index in [1.165, 1.54) is 12.8 Å². The van der Waals surface area contributed by atoms with Gasteiger partial charge in [0.15, 0.2) is 0 Å². The Morgan fingerprint density at radius 2 is 1.87 bits per heavy atom. The van der Waals surface area contributed by atoms with Crippen LogP contribution in [0.15, 0.2) is 0 Å². The number of ether oxygens (including phenoxy) is 1. The maximum atomic E-state index is 11.0. The molecule has 2 saturated heterocycles. The second-order valence-electron chi connectivity index (χ2n) is 4.60. The lowest BCUT2D eigenvalue weighted by molar-refractivity contribution is -0.142. The lowest BCUT2D eigenvalue weighted by atomic mass is 9.85. The first-order chi connectivity index (χ1) is 7.23. The van der Waals surface area contributed by atoms with Crippen LogP contribution in [0.25, 0.3) is 0 Å². The van der Waals surface area contributed by atoms with Gasteiger partial charge in [-0.25, -0.2) is 0 Å². The van der Waals surface area contributed by atoms with Gasteiger partial charge in [0.1, 0.15) is 0 Å². The SMILES string of the molecule is O=C(O)CC1(N2CCCC2)CCOCC1. The minimum Gasteiger partial charge on any atom is -0.481 e. The summed E-state index contributed by atoms with van der Waals surface area (Å²) in [5, 5.41) is 9.02. The van der Waals surface area contributed by atoms with E-state index >= 15 is 0 Å². The highest BCUT2D eigenvalue weighted by molar-refractivity contribution is 5.68. The molecule has 0 atom stereocenters. The van der Waals surface area contributed by atoms with Crippen molar-refractivity contribution in [3.63, 3.8) is 0 Å². The van der Waals surface area contributed by atoms with Crippen LogP contribution in [0.5, 0.6) is 0 Å². The van der Waals surface area contributed by atoms with Gasteiger partial charge in [-0.05, 0) is 38.8 Å². The molecule has 15 heavy (non-hydrogen) atoms. The molecule has 0 aliphatic carbocycles. The van der Waals surface area contributed by atoms with Crippen LogP contribution < -0.4 is 0 Å². The first-order valence-corrected chi connectivity index (χ1v) is 5.78. The number of rotatable bonds is 3. The molecule has 1 N–H and O–H groups in total. The molecule has 2 heterocycles. The molecule has 0 bridgehead atoms. The number of likely N-dealkylation sites (tertiary alicyclic amines) is 1. The van der Waals surface area contributed by atoms with E-state index in [0.29, 0.717) is 13.2 Å². The molecule has 2 aliphatic rings. The molecule has 0 aromatic rings. The van der Waals surface area contributed by atoms with Crippen molar-refractivity contribution < 1.29 is 14.6 Å². The maximum absolute atomic E-state index is 11.0. The highest BCUT2D eigenvalue weighted by Crippen LogP contribution is 2.34. The van der Waals surface area contributed by atoms with Crippen molar-refractivity contribution in [3.8, 4) is 0 Å². The summed E-state index contributed by atoms with van der Waals surface area (Å²) in [7, 11) is 0. The predicted molar refractivity (Wildman–Crippen MR) is 55.8 cm³/mol. The van der Waals surface area contributed by atoms with Crippen LogP contribution in [0.3, 0.4) is 0 Å². The molecule has 0 saturated carbocycles. The lowest BCUT2D eigenvalue weighted by Gasteiger charge is -2.43. The minimum absolute atomic E-state index is 0.111. The fourth-order valence-electron chi connectivity index (χ4n) is 2.83. The van der Waals surface area contributed by atoms with Gasteiger partial charge in [-0.1, -0.05) is 0 Å². The Morgan fingerprint density at radius 3 is 2.40 bits per heavy atom. The van der Waals surface area contributed by atoms with Crippen molar-refractivity contribution in [1.82, 2.24) is 4.90 Å². The Hall–Kier alpha value is -0.610. The molecular weight excluding hydrogens is 194 g/mol. The summed E-state index contributed by atoms with van der Waals surface area (Å²) in [6.45, 7) is 3.55. The summed E-state index contributed by atoms with van der Waals surface area (Å²) in [5.74, 6) is -0.677. The van der Waals surface area contributed by atoms with Crippen LogP contribution in [0.2, 0.25) is 0 Å². The van der Waals surface area contributed by atoms with E-state index < -0.39 is 5.97 Å². The third-order valence-corrected chi connectivity index (χ3v) is 3.68. The van der Waals surface area contributed by atoms with Crippen LogP contribution in [0.4, 0.5) is 0 Å². The standard InChI is InChI=1S/C11H19NO3/c13-10(14)9-11(3-7-15-8-4-11)12-5-1-2-6-12/h1-9H2,(H,13,14). The molecule has 2 rings (SSSR count). The molecule has 4 heteroatoms. The minimum atomic E-state index is -0.677. The van der Waals surface area contributed by atoms with Gasteiger partial charge in [0.25, 0.3) is 0 Å². The zero-order valence-corrected chi connectivity index (χ0v) is 9.07. The Morgan fingerprint density at radius 1 is 1.27 bits per heavy atom. The van der Waals surface area contributed by atoms with Crippen LogP contribution in [-0.2, 0) is 9.53 Å². The molecule has 2 aliphatic heterocycles. The van der Waals surface area contributed by atoms with Gasteiger partial charge in [-0.15, -0.1) is 0 Å². The maximum Gasteiger partial charge on any atom is 0.305 e. The number of nitrogens with zero attached hydrogens (tertiary/aromatic N) is 1. The quantitative estimate of drug-likeness (QED) is 0.763. The van der Waals surface area contributed by atoms with Gasteiger partial charge in [0.2, 0.25) is 0 Å². The van der Waals surface area contributed by atoms with Crippen molar-refractivity contribution >= 4 is 5.97 Å². The number of carboxylic acids is 1. The average Bonchev–Trinajstić information content (AvgIpc) is 2.71. The van der Waals surface area contributed by atoms with Crippen LogP contribution >= 0.6 is 0 Å². The first-order valence-electron chi connectivity index (χ1n) is 5.78. The molecule has 0 amide bonds. The van der Waals surface area contributed by atoms with Gasteiger partial charge < -0.3 is 9.84 Å². The third kappa shape index (κ3) is 2.32. The van der Waals surface area contributed by atoms with Gasteiger partial charge in [0, 0.05) is 18.8 Å². The van der Waals surface area contributed by atoms with Crippen molar-refractivity contribution in [2.24, 2.45) is 0 Å². The van der Waals surface area contributed by atoms with E-state index in [1.807, 2.05) is 0 Å². The summed E-state index contributed by atoms with van der Waals surface area (Å²) in [5.41, 5.74) is -0.111. The average molecular weight is 213 g/mol. The van der Waals surface area contributed by atoms with Gasteiger partial charge in [-0.2, -0.15) is 0 Å². The Labute approximate surface area is 90.2 Å². The third-order valence-electron chi connectivity index (χ3n) is 3.68. The fraction of sp³-hybridized carbons (Fsp3) is 0.909. The molecule has 4 nitrogen and oxygen atoms in total. The van der Waals surface area contributed by atoms with Crippen molar-refractivity contribution in [2.75, 3.05) is 26.3 Å². The van der Waals surface area contributed by atoms with Crippen LogP contribution in [0.1, 0.15) is 32.1 Å². The van der Waals surface area contributed by atoms with Crippen LogP contribution in [-0.4, -0.2) is 47.8 Å². The van der Waals surface area contributed by atoms with E-state index in [0.717, 1.165) is 25.9 Å². The van der Waals surface area contributed by atoms with E-state index in [-0.39, 0.29) is 12.0 Å². The highest BCUT2D eigenvalue weighted by atomic mass is 16.5. The molecule has 0 radical (unpaired) electrons. The summed E-state index contributed by atoms with van der Waals surface area (Å²) in [6.07, 6.45) is 4.44. The van der Waals surface area contributed by atoms with Crippen molar-refractivity contribution in [3.05, 3.63) is 0 Å². The number of hydrogen-bond acceptors (Lipinski definition) is 3. The highest BCUT2D eigenvalue weighted by Gasteiger charge is 2.41. The summed E-state index contributed by atoms with van der Waals surface area (Å²) in [4.78, 5) is 13.3. The van der Waals surface area contributed by atoms with E-state index in [4.69, 9.17) is 9.84 Å². The largest absolute Gasteiger partial charge is 0.481 e. The second-order valence-corrected chi connectivity index (χ2v) is 4.60. The Bertz CT molecular complexity index is 230. The molecule has 86 valence electrons. The zero-order chi connectivity index (χ0) is 10.7. The first kappa shape index (κ1) is 10.9. The smallest absolute Gasteiger partial charge is 0.305 e. The second kappa shape index (κ2) is 4.49. The molecule has 0 unspecified atom stereocenters. The zero-order valence-electron chi connectivity index (χ0n) is 9.07. The van der Waals surface area contributed by atoms with Gasteiger partial charge in [-0.3, -0.25) is 9.69 Å². The monoisotopic (exact) mass is 213 g/mol. The Kier molecular flexibility index (Phi) is 3.26. The molecule has 0 aromatic carbocycles. The van der Waals surface area contributed by atoms with E-state index in [1.54, 1.807) is 0 Å². The van der Waals surface area contributed by atoms with Crippen LogP contribution in [0, 0.1) is 0 Å². The van der Waals surface area contributed by atoms with Gasteiger partial charge in [0.05, 0.1) is 6.42 Å². The topological polar surface area (TPSA) is 49.8 Å². The summed E-state index contributed by atoms with van der Waals surface area (Å²) >= 11 is 0. The number of carboxylic acid groups (broad SMARTS) is 1. The predicted octanol–water partition coefficient (Wildman–Crippen LogP) is 1.11. The number of aliphatic carboxylic acids is 1. The van der Waals surface area contributed by atoms with E-state index in [2.05, 4.69) is 4.90 Å². The van der Waals surface area contributed by atoms with Gasteiger partial charge >= 0.3 is 5.97 Å². The molecule has 0 aromatic heterocycles. The molecule has 0 spiro atoms. The molecule has 2 fully saturated rings. The number of carbonyl (C=O) groups is 1. The fourth-order valence-corrected chi connectivity index (χ4v) is 2.83. The lowest BCUT2D eigenvalue weighted by Crippen LogP contribution is -2.52. The van der Waals surface area contributed by atoms with Crippen molar-refractivity contribution in [2.45, 2.75) is 37.6 Å².